The monoisotopic (exact) mass is 1470 g/mol. The Hall–Kier alpha value is -8.57. The van der Waals surface area contributed by atoms with Gasteiger partial charge in [-0.2, -0.15) is 0 Å². The van der Waals surface area contributed by atoms with Crippen molar-refractivity contribution < 1.29 is 77.6 Å². The Morgan fingerprint density at radius 1 is 0.525 bits per heavy atom. The summed E-state index contributed by atoms with van der Waals surface area (Å²) < 4.78 is 0. The molecule has 12 amide bonds. The van der Waals surface area contributed by atoms with E-state index in [0.717, 1.165) is 43.2 Å². The number of carbonyl (C=O) groups excluding carboxylic acids is 12. The number of hydrogen-bond acceptors (Lipinski definition) is 20. The highest BCUT2D eigenvalue weighted by Gasteiger charge is 2.45. The van der Waals surface area contributed by atoms with Crippen LogP contribution in [0.5, 0.6) is 5.75 Å². The third-order valence-corrected chi connectivity index (χ3v) is 22.5. The number of amides is 12. The van der Waals surface area contributed by atoms with Gasteiger partial charge < -0.3 is 89.0 Å². The average Bonchev–Trinajstić information content (AvgIpc) is 1.69. The van der Waals surface area contributed by atoms with Crippen molar-refractivity contribution >= 4 is 131 Å². The molecule has 4 saturated heterocycles. The molecule has 546 valence electrons. The van der Waals surface area contributed by atoms with Crippen molar-refractivity contribution in [2.45, 2.75) is 163 Å². The number of aliphatic carboxylic acids is 1. The molecule has 0 unspecified atom stereocenters. The summed E-state index contributed by atoms with van der Waals surface area (Å²) in [5, 5.41) is 58.8. The van der Waals surface area contributed by atoms with E-state index >= 15 is 14.4 Å². The zero-order valence-electron chi connectivity index (χ0n) is 55.9. The van der Waals surface area contributed by atoms with Crippen molar-refractivity contribution in [1.82, 2.24) is 68.0 Å². The number of rotatable bonds is 15. The minimum Gasteiger partial charge on any atom is -0.508 e. The summed E-state index contributed by atoms with van der Waals surface area (Å²) in [6, 6.07) is 3.84. The minimum atomic E-state index is -1.75. The molecule has 34 heteroatoms. The fourth-order valence-electron chi connectivity index (χ4n) is 12.2. The number of aromatic amines is 1. The molecule has 5 heterocycles. The average molecular weight is 1470 g/mol. The quantitative estimate of drug-likeness (QED) is 0.0670. The molecule has 4 aliphatic heterocycles. The molecule has 16 N–H and O–H groups in total. The number of benzene rings is 3. The standard InChI is InChI=1S/C67H88N14O16S4/c1-3-5-17-44-65(94)81-26-12-20-54(81)66(95)80-25-11-19-53(80)64(93)78-51-35-99-98-33-49(70-55(84)30-68)61(90)77-50(63(92)76-48(32-82)60(89)72-44)34-100-101-36-52(67(96)97)79-58(87)46(28-38-21-23-40(83)24-22-38)73-56(85)43(13-4-2)71-59(88)47(29-39-31-69-42-18-10-9-16-41(39)42)75-57(86)45(74-62(51)91)27-37-14-7-6-8-15-37/h6-10,14-16,18,21-24,31,43-54,69,82-83H,3-5,11-13,17,19-20,25-30,32-36,68H2,1-2H3,(H,70,84)(H,71,88)(H,72,89)(H,73,85)(H,74,91)(H,75,86)(H,76,92)(H,77,90)(H,78,93)(H,79,87)(H,96,97)/t43-,44-,45-,46-,47-,48-,49-,50-,51-,52-,53-,54-/m0/s1. The first-order valence-electron chi connectivity index (χ1n) is 33.6. The smallest absolute Gasteiger partial charge is 0.327 e. The van der Waals surface area contributed by atoms with Gasteiger partial charge in [0.05, 0.1) is 13.2 Å². The zero-order chi connectivity index (χ0) is 72.7. The van der Waals surface area contributed by atoms with E-state index in [1.165, 1.54) is 34.1 Å². The normalized spacial score (nSPS) is 26.5. The Morgan fingerprint density at radius 3 is 1.66 bits per heavy atom. The van der Waals surface area contributed by atoms with Crippen LogP contribution in [0.4, 0.5) is 0 Å². The van der Waals surface area contributed by atoms with Gasteiger partial charge in [-0.25, -0.2) is 4.79 Å². The van der Waals surface area contributed by atoms with Crippen molar-refractivity contribution in [3.05, 3.63) is 102 Å². The molecule has 0 aliphatic carbocycles. The number of nitrogens with two attached hydrogens (primary N) is 1. The first kappa shape index (κ1) is 78.2. The predicted molar refractivity (Wildman–Crippen MR) is 381 cm³/mol. The van der Waals surface area contributed by atoms with Gasteiger partial charge in [-0.1, -0.05) is 137 Å². The molecule has 12 atom stereocenters. The highest BCUT2D eigenvalue weighted by molar-refractivity contribution is 8.77. The minimum absolute atomic E-state index is 0.0120. The summed E-state index contributed by atoms with van der Waals surface area (Å²) in [6.07, 6.45) is 3.45. The Bertz CT molecular complexity index is 3610. The van der Waals surface area contributed by atoms with Gasteiger partial charge in [-0.3, -0.25) is 57.5 Å². The molecule has 8 rings (SSSR count). The second kappa shape index (κ2) is 38.5. The third-order valence-electron chi connectivity index (χ3n) is 17.6. The molecule has 4 aliphatic rings. The number of phenolic OH excluding ortho intramolecular Hbond substituents is 1. The van der Waals surface area contributed by atoms with Gasteiger partial charge in [-0.15, -0.1) is 0 Å². The van der Waals surface area contributed by atoms with E-state index in [4.69, 9.17) is 5.73 Å². The van der Waals surface area contributed by atoms with Crippen molar-refractivity contribution in [1.29, 1.82) is 0 Å². The third kappa shape index (κ3) is 22.0. The Morgan fingerprint density at radius 2 is 1.04 bits per heavy atom. The van der Waals surface area contributed by atoms with Gasteiger partial charge >= 0.3 is 5.97 Å². The van der Waals surface area contributed by atoms with E-state index in [-0.39, 0.29) is 75.3 Å². The molecule has 2 bridgehead atoms. The number of hydrogen-bond donors (Lipinski definition) is 15. The second-order valence-electron chi connectivity index (χ2n) is 25.0. The van der Waals surface area contributed by atoms with Crippen LogP contribution in [0.1, 0.15) is 88.3 Å². The maximum Gasteiger partial charge on any atom is 0.327 e. The van der Waals surface area contributed by atoms with Crippen LogP contribution in [0.25, 0.3) is 10.9 Å². The lowest BCUT2D eigenvalue weighted by molar-refractivity contribution is -0.148. The van der Waals surface area contributed by atoms with E-state index in [0.29, 0.717) is 59.7 Å². The molecular formula is C67H88N14O16S4. The highest BCUT2D eigenvalue weighted by Crippen LogP contribution is 2.29. The molecule has 1 aromatic heterocycles. The van der Waals surface area contributed by atoms with Crippen molar-refractivity contribution in [3.63, 3.8) is 0 Å². The number of phenols is 1. The van der Waals surface area contributed by atoms with Gasteiger partial charge in [0.15, 0.2) is 0 Å². The molecule has 3 aromatic carbocycles. The predicted octanol–water partition coefficient (Wildman–Crippen LogP) is -0.453. The van der Waals surface area contributed by atoms with Crippen LogP contribution in [0, 0.1) is 0 Å². The van der Waals surface area contributed by atoms with Gasteiger partial charge in [0.25, 0.3) is 0 Å². The number of carbonyl (C=O) groups is 13. The maximum absolute atomic E-state index is 15.3. The summed E-state index contributed by atoms with van der Waals surface area (Å²) in [5.41, 5.74) is 7.96. The number of nitrogens with one attached hydrogen (secondary N) is 11. The number of aliphatic hydroxyl groups excluding tert-OH is 1. The first-order chi connectivity index (χ1) is 48.6. The SMILES string of the molecule is CCCC[C@@H]1NC(=O)[C@H](CO)NC(=O)[C@@H]2CSSC[C@@H](C(=O)O)NC(=O)[C@H](Cc3ccc(O)cc3)NC(=O)[C@H](CCC)NC(=O)[C@H](Cc3c[nH]c4ccccc34)NC(=O)[C@H](Cc3ccccc3)NC(=O)[C@H](CSSC[C@H](NC(=O)CN)C(=O)N2)NC(=O)[C@@H]2CCCN2C(=O)[C@@H]2CCCN2C1=O. The molecule has 30 nitrogen and oxygen atoms in total. The van der Waals surface area contributed by atoms with E-state index in [1.807, 2.05) is 19.1 Å². The van der Waals surface area contributed by atoms with Crippen LogP contribution in [0.2, 0.25) is 0 Å². The number of aliphatic hydroxyl groups is 1. The molecule has 4 aromatic rings. The van der Waals surface area contributed by atoms with Gasteiger partial charge in [0.1, 0.15) is 78.3 Å². The number of nitrogens with zero attached hydrogens (tertiary/aromatic N) is 2. The Balaban J connectivity index is 1.23. The first-order valence-corrected chi connectivity index (χ1v) is 38.6. The number of para-hydroxylation sites is 1. The fourth-order valence-corrected chi connectivity index (χ4v) is 16.8. The van der Waals surface area contributed by atoms with Crippen LogP contribution in [0.15, 0.2) is 85.1 Å². The lowest BCUT2D eigenvalue weighted by atomic mass is 10.0. The van der Waals surface area contributed by atoms with Crippen molar-refractivity contribution in [3.8, 4) is 5.75 Å². The summed E-state index contributed by atoms with van der Waals surface area (Å²) in [6.45, 7) is 2.18. The fraction of sp³-hybridized carbons (Fsp3) is 0.507. The maximum atomic E-state index is 15.3. The highest BCUT2D eigenvalue weighted by atomic mass is 33.1. The lowest BCUT2D eigenvalue weighted by Gasteiger charge is -2.33. The topological polar surface area (TPSA) is 451 Å². The lowest BCUT2D eigenvalue weighted by Crippen LogP contribution is -2.61. The number of aromatic nitrogens is 1. The van der Waals surface area contributed by atoms with Crippen LogP contribution in [-0.2, 0) is 81.6 Å². The molecule has 0 spiro atoms. The number of unbranched alkanes of at least 4 members (excludes halogenated alkanes) is 1. The number of carboxylic acids is 1. The number of fused-ring (bicyclic) bond motifs is 11. The van der Waals surface area contributed by atoms with E-state index in [1.54, 1.807) is 55.6 Å². The molecule has 101 heavy (non-hydrogen) atoms. The number of carboxylic acid groups (broad SMARTS) is 1. The van der Waals surface area contributed by atoms with Crippen LogP contribution >= 0.6 is 43.2 Å². The summed E-state index contributed by atoms with van der Waals surface area (Å²) in [7, 11) is 3.58. The number of H-pyrrole nitrogens is 1. The summed E-state index contributed by atoms with van der Waals surface area (Å²) in [4.78, 5) is 195. The summed E-state index contributed by atoms with van der Waals surface area (Å²) >= 11 is 0. The largest absolute Gasteiger partial charge is 0.508 e. The van der Waals surface area contributed by atoms with Crippen molar-refractivity contribution in [2.24, 2.45) is 5.73 Å². The van der Waals surface area contributed by atoms with Gasteiger partial charge in [0, 0.05) is 72.5 Å². The van der Waals surface area contributed by atoms with Gasteiger partial charge in [0.2, 0.25) is 70.9 Å². The van der Waals surface area contributed by atoms with Crippen LogP contribution in [-0.4, -0.2) is 229 Å². The Kier molecular flexibility index (Phi) is 29.8. The van der Waals surface area contributed by atoms with Crippen LogP contribution in [0.3, 0.4) is 0 Å². The second-order valence-corrected chi connectivity index (χ2v) is 30.1. The number of aromatic hydroxyl groups is 1. The molecular weight excluding hydrogens is 1390 g/mol. The molecule has 0 radical (unpaired) electrons. The van der Waals surface area contributed by atoms with E-state index in [2.05, 4.69) is 58.2 Å². The summed E-state index contributed by atoms with van der Waals surface area (Å²) in [5.74, 6) is -13.4. The van der Waals surface area contributed by atoms with Crippen LogP contribution < -0.4 is 58.9 Å². The van der Waals surface area contributed by atoms with Crippen molar-refractivity contribution in [2.75, 3.05) is 49.3 Å². The Labute approximate surface area is 599 Å². The van der Waals surface area contributed by atoms with E-state index in [9.17, 15) is 63.3 Å². The van der Waals surface area contributed by atoms with E-state index < -0.39 is 174 Å². The molecule has 4 fully saturated rings. The zero-order valence-corrected chi connectivity index (χ0v) is 59.2. The molecule has 0 saturated carbocycles. The van der Waals surface area contributed by atoms with Gasteiger partial charge in [-0.05, 0) is 73.4 Å².